The van der Waals surface area contributed by atoms with E-state index in [0.29, 0.717) is 6.54 Å². The van der Waals surface area contributed by atoms with Gasteiger partial charge in [-0.25, -0.2) is 4.39 Å². The highest BCUT2D eigenvalue weighted by Gasteiger charge is 2.36. The molecule has 3 aromatic rings. The summed E-state index contributed by atoms with van der Waals surface area (Å²) in [5.41, 5.74) is 10.3. The van der Waals surface area contributed by atoms with Crippen molar-refractivity contribution in [1.29, 1.82) is 0 Å². The summed E-state index contributed by atoms with van der Waals surface area (Å²) in [7, 11) is 0. The van der Waals surface area contributed by atoms with Crippen LogP contribution in [0.4, 0.5) is 4.39 Å². The number of fused-ring (bicyclic) bond motifs is 1. The molecule has 0 saturated heterocycles. The molecule has 0 aromatic heterocycles. The molecule has 0 aliphatic heterocycles. The third-order valence-corrected chi connectivity index (χ3v) is 6.02. The summed E-state index contributed by atoms with van der Waals surface area (Å²) < 4.78 is 13.8. The molecule has 0 bridgehead atoms. The van der Waals surface area contributed by atoms with Gasteiger partial charge in [-0.15, -0.1) is 0 Å². The Morgan fingerprint density at radius 3 is 2.47 bits per heavy atom. The molecular formula is C26H27FN2O. The number of aryl methyl sites for hydroxylation is 1. The van der Waals surface area contributed by atoms with Gasteiger partial charge in [0.05, 0.1) is 12.6 Å². The summed E-state index contributed by atoms with van der Waals surface area (Å²) >= 11 is 0. The fraction of sp³-hybridized carbons (Fsp3) is 0.269. The van der Waals surface area contributed by atoms with Crippen molar-refractivity contribution in [3.05, 3.63) is 107 Å². The van der Waals surface area contributed by atoms with Gasteiger partial charge in [-0.3, -0.25) is 4.79 Å². The van der Waals surface area contributed by atoms with Crippen LogP contribution in [-0.4, -0.2) is 17.4 Å². The minimum absolute atomic E-state index is 0.0296. The van der Waals surface area contributed by atoms with Crippen molar-refractivity contribution in [2.24, 2.45) is 11.7 Å². The number of halogens is 1. The average Bonchev–Trinajstić information content (AvgIpc) is 2.78. The second-order valence-corrected chi connectivity index (χ2v) is 7.99. The van der Waals surface area contributed by atoms with Crippen LogP contribution in [0.25, 0.3) is 0 Å². The van der Waals surface area contributed by atoms with Crippen molar-refractivity contribution in [3.8, 4) is 0 Å². The van der Waals surface area contributed by atoms with E-state index in [1.807, 2.05) is 47.4 Å². The van der Waals surface area contributed by atoms with Gasteiger partial charge in [0.2, 0.25) is 5.91 Å². The molecule has 4 rings (SSSR count). The lowest BCUT2D eigenvalue weighted by atomic mass is 9.76. The molecule has 0 radical (unpaired) electrons. The Hall–Kier alpha value is -2.98. The van der Waals surface area contributed by atoms with Crippen LogP contribution in [0.1, 0.15) is 34.7 Å². The molecular weight excluding hydrogens is 375 g/mol. The molecule has 30 heavy (non-hydrogen) atoms. The molecule has 2 unspecified atom stereocenters. The van der Waals surface area contributed by atoms with Crippen LogP contribution in [0.15, 0.2) is 78.9 Å². The lowest BCUT2D eigenvalue weighted by Gasteiger charge is -2.41. The number of hydrogen-bond acceptors (Lipinski definition) is 2. The Kier molecular flexibility index (Phi) is 6.24. The van der Waals surface area contributed by atoms with Gasteiger partial charge in [-0.05, 0) is 59.6 Å². The first kappa shape index (κ1) is 20.3. The minimum Gasteiger partial charge on any atom is -0.330 e. The van der Waals surface area contributed by atoms with E-state index in [1.165, 1.54) is 17.2 Å². The van der Waals surface area contributed by atoms with Gasteiger partial charge < -0.3 is 10.6 Å². The lowest BCUT2D eigenvalue weighted by molar-refractivity contribution is -0.134. The monoisotopic (exact) mass is 402 g/mol. The number of rotatable bonds is 6. The highest BCUT2D eigenvalue weighted by molar-refractivity contribution is 5.78. The number of benzene rings is 3. The summed E-state index contributed by atoms with van der Waals surface area (Å²) in [6, 6.07) is 25.1. The molecule has 1 aliphatic carbocycles. The molecule has 0 heterocycles. The Morgan fingerprint density at radius 1 is 0.967 bits per heavy atom. The molecule has 3 nitrogen and oxygen atoms in total. The Labute approximate surface area is 177 Å². The summed E-state index contributed by atoms with van der Waals surface area (Å²) in [5.74, 6) is -0.0925. The van der Waals surface area contributed by atoms with E-state index in [0.717, 1.165) is 30.4 Å². The first-order valence-electron chi connectivity index (χ1n) is 10.5. The maximum absolute atomic E-state index is 13.8. The van der Waals surface area contributed by atoms with Crippen LogP contribution in [0.5, 0.6) is 0 Å². The number of amides is 1. The molecule has 2 N–H and O–H groups in total. The van der Waals surface area contributed by atoms with Crippen LogP contribution in [0.3, 0.4) is 0 Å². The van der Waals surface area contributed by atoms with Crippen molar-refractivity contribution >= 4 is 5.91 Å². The lowest BCUT2D eigenvalue weighted by Crippen LogP contribution is -2.43. The Balaban J connectivity index is 1.73. The van der Waals surface area contributed by atoms with E-state index in [9.17, 15) is 9.18 Å². The Bertz CT molecular complexity index is 1000. The van der Waals surface area contributed by atoms with Gasteiger partial charge in [0.1, 0.15) is 5.82 Å². The van der Waals surface area contributed by atoms with Gasteiger partial charge in [0.15, 0.2) is 0 Å². The van der Waals surface area contributed by atoms with Crippen LogP contribution in [0, 0.1) is 11.7 Å². The Morgan fingerprint density at radius 2 is 1.70 bits per heavy atom. The van der Waals surface area contributed by atoms with Gasteiger partial charge >= 0.3 is 0 Å². The van der Waals surface area contributed by atoms with Gasteiger partial charge in [-0.1, -0.05) is 66.7 Å². The highest BCUT2D eigenvalue weighted by atomic mass is 19.1. The number of carbonyl (C=O) groups is 1. The third-order valence-electron chi connectivity index (χ3n) is 6.02. The van der Waals surface area contributed by atoms with Crippen molar-refractivity contribution in [2.75, 3.05) is 6.54 Å². The zero-order chi connectivity index (χ0) is 20.9. The summed E-state index contributed by atoms with van der Waals surface area (Å²) in [6.07, 6.45) is 2.63. The predicted octanol–water partition coefficient (Wildman–Crippen LogP) is 4.66. The number of nitrogens with zero attached hydrogens (tertiary/aromatic N) is 1. The topological polar surface area (TPSA) is 46.3 Å². The fourth-order valence-electron chi connectivity index (χ4n) is 4.64. The molecule has 1 amide bonds. The van der Waals surface area contributed by atoms with E-state index >= 15 is 0 Å². The molecule has 1 aliphatic rings. The smallest absolute Gasteiger partial charge is 0.237 e. The second-order valence-electron chi connectivity index (χ2n) is 7.99. The summed E-state index contributed by atoms with van der Waals surface area (Å²) in [4.78, 5) is 14.9. The third kappa shape index (κ3) is 4.44. The molecule has 0 fully saturated rings. The summed E-state index contributed by atoms with van der Waals surface area (Å²) in [6.45, 7) is 0.480. The van der Waals surface area contributed by atoms with Crippen molar-refractivity contribution in [1.82, 2.24) is 4.90 Å². The van der Waals surface area contributed by atoms with Gasteiger partial charge in [0.25, 0.3) is 0 Å². The summed E-state index contributed by atoms with van der Waals surface area (Å²) in [5, 5.41) is 0. The maximum Gasteiger partial charge on any atom is 0.237 e. The minimum atomic E-state index is -0.223. The van der Waals surface area contributed by atoms with E-state index < -0.39 is 0 Å². The van der Waals surface area contributed by atoms with E-state index in [-0.39, 0.29) is 30.2 Å². The standard InChI is InChI=1S/C26H27FN2O/c27-23-11-6-9-20(16-23)15-22-14-13-21-10-4-5-12-24(21)26(22)29(25(30)17-28)18-19-7-2-1-3-8-19/h1-12,16,22,26H,13-15,17-18,28H2. The van der Waals surface area contributed by atoms with Gasteiger partial charge in [0, 0.05) is 6.54 Å². The average molecular weight is 403 g/mol. The maximum atomic E-state index is 13.8. The van der Waals surface area contributed by atoms with Crippen LogP contribution < -0.4 is 5.73 Å². The fourth-order valence-corrected chi connectivity index (χ4v) is 4.64. The van der Waals surface area contributed by atoms with E-state index in [4.69, 9.17) is 5.73 Å². The van der Waals surface area contributed by atoms with Crippen molar-refractivity contribution in [3.63, 3.8) is 0 Å². The van der Waals surface area contributed by atoms with Crippen molar-refractivity contribution < 1.29 is 9.18 Å². The van der Waals surface area contributed by atoms with E-state index in [2.05, 4.69) is 18.2 Å². The normalized spacial score (nSPS) is 17.9. The zero-order valence-electron chi connectivity index (χ0n) is 17.0. The first-order valence-corrected chi connectivity index (χ1v) is 10.5. The largest absolute Gasteiger partial charge is 0.330 e. The molecule has 0 saturated carbocycles. The van der Waals surface area contributed by atoms with Crippen LogP contribution in [-0.2, 0) is 24.2 Å². The molecule has 3 aromatic carbocycles. The van der Waals surface area contributed by atoms with Crippen LogP contribution >= 0.6 is 0 Å². The SMILES string of the molecule is NCC(=O)N(Cc1ccccc1)C1c2ccccc2CCC1Cc1cccc(F)c1. The second kappa shape index (κ2) is 9.23. The number of hydrogen-bond donors (Lipinski definition) is 1. The predicted molar refractivity (Wildman–Crippen MR) is 117 cm³/mol. The number of nitrogens with two attached hydrogens (primary N) is 1. The van der Waals surface area contributed by atoms with Crippen molar-refractivity contribution in [2.45, 2.75) is 31.8 Å². The zero-order valence-corrected chi connectivity index (χ0v) is 17.0. The highest BCUT2D eigenvalue weighted by Crippen LogP contribution is 2.41. The molecule has 4 heteroatoms. The van der Waals surface area contributed by atoms with E-state index in [1.54, 1.807) is 12.1 Å². The van der Waals surface area contributed by atoms with Crippen LogP contribution in [0.2, 0.25) is 0 Å². The van der Waals surface area contributed by atoms with Gasteiger partial charge in [-0.2, -0.15) is 0 Å². The molecule has 2 atom stereocenters. The molecule has 0 spiro atoms. The number of carbonyl (C=O) groups excluding carboxylic acids is 1. The quantitative estimate of drug-likeness (QED) is 0.652. The molecule has 154 valence electrons. The first-order chi connectivity index (χ1) is 14.7.